The molecule has 0 fully saturated rings. The van der Waals surface area contributed by atoms with Gasteiger partial charge in [0, 0.05) is 24.7 Å². The summed E-state index contributed by atoms with van der Waals surface area (Å²) in [6, 6.07) is -0.0801. The Labute approximate surface area is 85.6 Å². The van der Waals surface area contributed by atoms with Gasteiger partial charge in [-0.1, -0.05) is 18.7 Å². The molecule has 1 amide bonds. The molecule has 0 aromatic carbocycles. The van der Waals surface area contributed by atoms with Crippen molar-refractivity contribution in [3.63, 3.8) is 0 Å². The van der Waals surface area contributed by atoms with Gasteiger partial charge in [-0.2, -0.15) is 0 Å². The number of rotatable bonds is 7. The molecule has 14 heavy (non-hydrogen) atoms. The molecule has 0 radical (unpaired) electrons. The molecule has 0 heterocycles. The number of hydrogen-bond acceptors (Lipinski definition) is 2. The minimum atomic E-state index is -0.462. The lowest BCUT2D eigenvalue weighted by Gasteiger charge is -2.26. The third kappa shape index (κ3) is 3.58. The topological polar surface area (TPSA) is 46.3 Å². The molecule has 3 heteroatoms. The number of carbonyl (C=O) groups is 1. The molecule has 0 aliphatic carbocycles. The predicted molar refractivity (Wildman–Crippen MR) is 59.8 cm³/mol. The molecule has 0 aliphatic heterocycles. The van der Waals surface area contributed by atoms with E-state index >= 15 is 0 Å². The van der Waals surface area contributed by atoms with Crippen LogP contribution in [0.3, 0.4) is 0 Å². The van der Waals surface area contributed by atoms with E-state index in [1.807, 2.05) is 11.8 Å². The Morgan fingerprint density at radius 2 is 1.86 bits per heavy atom. The van der Waals surface area contributed by atoms with Crippen LogP contribution in [0.1, 0.15) is 6.92 Å². The third-order valence-corrected chi connectivity index (χ3v) is 2.10. The lowest BCUT2D eigenvalue weighted by molar-refractivity contribution is -0.115. The molecule has 0 aromatic heterocycles. The number of nitrogens with two attached hydrogens (primary N) is 1. The summed E-state index contributed by atoms with van der Waals surface area (Å²) in [5.41, 5.74) is 5.56. The van der Waals surface area contributed by atoms with Crippen LogP contribution >= 0.6 is 0 Å². The van der Waals surface area contributed by atoms with E-state index in [-0.39, 0.29) is 6.04 Å². The molecule has 3 nitrogen and oxygen atoms in total. The molecular formula is C11H18N2O. The Balaban J connectivity index is 4.47. The van der Waals surface area contributed by atoms with E-state index in [1.165, 1.54) is 0 Å². The fourth-order valence-electron chi connectivity index (χ4n) is 1.15. The van der Waals surface area contributed by atoms with Crippen molar-refractivity contribution >= 4 is 5.91 Å². The number of amides is 1. The number of carbonyl (C=O) groups excluding carboxylic acids is 1. The zero-order valence-corrected chi connectivity index (χ0v) is 8.70. The average molecular weight is 194 g/mol. The van der Waals surface area contributed by atoms with Crippen molar-refractivity contribution in [2.75, 3.05) is 13.1 Å². The molecule has 1 atom stereocenters. The van der Waals surface area contributed by atoms with Gasteiger partial charge in [-0.15, -0.1) is 13.2 Å². The second kappa shape index (κ2) is 6.16. The third-order valence-electron chi connectivity index (χ3n) is 2.10. The Morgan fingerprint density at radius 1 is 1.43 bits per heavy atom. The van der Waals surface area contributed by atoms with Crippen molar-refractivity contribution in [1.82, 2.24) is 4.90 Å². The monoisotopic (exact) mass is 194 g/mol. The lowest BCUT2D eigenvalue weighted by atomic mass is 10.1. The van der Waals surface area contributed by atoms with Gasteiger partial charge in [0.2, 0.25) is 5.91 Å². The first-order valence-electron chi connectivity index (χ1n) is 4.49. The van der Waals surface area contributed by atoms with Gasteiger partial charge in [-0.05, 0) is 6.92 Å². The maximum absolute atomic E-state index is 10.9. The molecular weight excluding hydrogens is 176 g/mol. The van der Waals surface area contributed by atoms with E-state index in [9.17, 15) is 4.79 Å². The minimum Gasteiger partial charge on any atom is -0.366 e. The molecule has 78 valence electrons. The number of primary amides is 1. The molecule has 0 saturated carbocycles. The summed E-state index contributed by atoms with van der Waals surface area (Å²) in [5.74, 6) is -0.462. The molecule has 0 rings (SSSR count). The zero-order valence-electron chi connectivity index (χ0n) is 8.70. The summed E-state index contributed by atoms with van der Waals surface area (Å²) in [4.78, 5) is 12.9. The van der Waals surface area contributed by atoms with E-state index in [1.54, 1.807) is 12.2 Å². The van der Waals surface area contributed by atoms with Crippen LogP contribution in [-0.2, 0) is 4.79 Å². The summed E-state index contributed by atoms with van der Waals surface area (Å²) in [6.07, 6.45) is 3.54. The highest BCUT2D eigenvalue weighted by Gasteiger charge is 2.17. The summed E-state index contributed by atoms with van der Waals surface area (Å²) in [6.45, 7) is 14.2. The molecule has 0 bridgehead atoms. The van der Waals surface area contributed by atoms with Crippen LogP contribution in [0.15, 0.2) is 37.5 Å². The van der Waals surface area contributed by atoms with Gasteiger partial charge in [0.05, 0.1) is 0 Å². The second-order valence-electron chi connectivity index (χ2n) is 3.10. The molecule has 0 aliphatic rings. The molecule has 2 N–H and O–H groups in total. The highest BCUT2D eigenvalue weighted by Crippen LogP contribution is 2.08. The Kier molecular flexibility index (Phi) is 5.56. The van der Waals surface area contributed by atoms with Gasteiger partial charge in [-0.25, -0.2) is 0 Å². The van der Waals surface area contributed by atoms with Crippen molar-refractivity contribution in [3.8, 4) is 0 Å². The summed E-state index contributed by atoms with van der Waals surface area (Å²) < 4.78 is 0. The fraction of sp³-hybridized carbons (Fsp3) is 0.364. The largest absolute Gasteiger partial charge is 0.366 e. The van der Waals surface area contributed by atoms with Crippen LogP contribution in [0, 0.1) is 0 Å². The van der Waals surface area contributed by atoms with Crippen molar-refractivity contribution in [3.05, 3.63) is 37.5 Å². The van der Waals surface area contributed by atoms with Crippen molar-refractivity contribution < 1.29 is 4.79 Å². The summed E-state index contributed by atoms with van der Waals surface area (Å²) in [5, 5.41) is 0. The second-order valence-corrected chi connectivity index (χ2v) is 3.10. The maximum Gasteiger partial charge on any atom is 0.245 e. The fourth-order valence-corrected chi connectivity index (χ4v) is 1.15. The Morgan fingerprint density at radius 3 is 2.14 bits per heavy atom. The smallest absolute Gasteiger partial charge is 0.245 e. The van der Waals surface area contributed by atoms with Crippen molar-refractivity contribution in [1.29, 1.82) is 0 Å². The van der Waals surface area contributed by atoms with Crippen LogP contribution in [0.2, 0.25) is 0 Å². The van der Waals surface area contributed by atoms with Gasteiger partial charge in [-0.3, -0.25) is 9.69 Å². The van der Waals surface area contributed by atoms with Crippen molar-refractivity contribution in [2.24, 2.45) is 5.73 Å². The normalized spacial score (nSPS) is 12.1. The van der Waals surface area contributed by atoms with E-state index in [2.05, 4.69) is 19.7 Å². The lowest BCUT2D eigenvalue weighted by Crippen LogP contribution is -2.38. The maximum atomic E-state index is 10.9. The van der Waals surface area contributed by atoms with Crippen LogP contribution in [0.5, 0.6) is 0 Å². The van der Waals surface area contributed by atoms with Crippen LogP contribution in [-0.4, -0.2) is 29.9 Å². The van der Waals surface area contributed by atoms with E-state index in [4.69, 9.17) is 5.73 Å². The minimum absolute atomic E-state index is 0.0801. The average Bonchev–Trinajstić information content (AvgIpc) is 2.15. The van der Waals surface area contributed by atoms with E-state index in [0.717, 1.165) is 0 Å². The van der Waals surface area contributed by atoms with Gasteiger partial charge in [0.1, 0.15) is 0 Å². The Bertz CT molecular complexity index is 236. The molecule has 0 saturated heterocycles. The van der Waals surface area contributed by atoms with E-state index in [0.29, 0.717) is 18.7 Å². The number of hydrogen-bond donors (Lipinski definition) is 1. The first-order chi connectivity index (χ1) is 6.54. The molecule has 1 unspecified atom stereocenters. The van der Waals surface area contributed by atoms with Crippen LogP contribution < -0.4 is 5.73 Å². The highest BCUT2D eigenvalue weighted by atomic mass is 16.1. The van der Waals surface area contributed by atoms with Gasteiger partial charge in [0.15, 0.2) is 0 Å². The first-order valence-corrected chi connectivity index (χ1v) is 4.49. The number of nitrogens with zero attached hydrogens (tertiary/aromatic N) is 1. The van der Waals surface area contributed by atoms with E-state index < -0.39 is 5.91 Å². The standard InChI is InChI=1S/C11H18N2O/c1-5-7-13(8-6-2)10(4)9(3)11(12)14/h5-6,10H,1-3,7-8H2,4H3,(H2,12,14). The van der Waals surface area contributed by atoms with Crippen LogP contribution in [0.25, 0.3) is 0 Å². The quantitative estimate of drug-likeness (QED) is 0.487. The first kappa shape index (κ1) is 12.7. The Hall–Kier alpha value is -1.35. The summed E-state index contributed by atoms with van der Waals surface area (Å²) in [7, 11) is 0. The molecule has 0 aromatic rings. The zero-order chi connectivity index (χ0) is 11.1. The van der Waals surface area contributed by atoms with Gasteiger partial charge in [0.25, 0.3) is 0 Å². The SMILES string of the molecule is C=CCN(CC=C)C(C)C(=C)C(N)=O. The van der Waals surface area contributed by atoms with Crippen LogP contribution in [0.4, 0.5) is 0 Å². The van der Waals surface area contributed by atoms with Gasteiger partial charge >= 0.3 is 0 Å². The summed E-state index contributed by atoms with van der Waals surface area (Å²) >= 11 is 0. The molecule has 0 spiro atoms. The van der Waals surface area contributed by atoms with Crippen molar-refractivity contribution in [2.45, 2.75) is 13.0 Å². The highest BCUT2D eigenvalue weighted by molar-refractivity contribution is 5.92. The van der Waals surface area contributed by atoms with Gasteiger partial charge < -0.3 is 5.73 Å². The predicted octanol–water partition coefficient (Wildman–Crippen LogP) is 1.09.